The normalized spacial score (nSPS) is 11.7. The molecule has 0 saturated carbocycles. The summed E-state index contributed by atoms with van der Waals surface area (Å²) in [7, 11) is 0. The highest BCUT2D eigenvalue weighted by atomic mass is 16.7. The van der Waals surface area contributed by atoms with Gasteiger partial charge in [-0.2, -0.15) is 0 Å². The van der Waals surface area contributed by atoms with E-state index in [1.807, 2.05) is 0 Å². The Morgan fingerprint density at radius 3 is 1.79 bits per heavy atom. The van der Waals surface area contributed by atoms with E-state index in [-0.39, 0.29) is 11.9 Å². The molecule has 0 amide bonds. The number of ether oxygens (including phenoxy) is 1. The van der Waals surface area contributed by atoms with E-state index < -0.39 is 5.03 Å². The van der Waals surface area contributed by atoms with E-state index in [4.69, 9.17) is 10.5 Å². The standard InChI is InChI=1S/C29H59N5O4/c1-3-5-7-9-11-16-20-27-38-28(35)22-17-13-12-15-19-25-33(24-18-14-10-8-6-4-2)26-21-23-31-29(30)32-34(36)37/h3-27H2,1-2H3,(H3,30,31,32). The molecule has 0 aromatic heterocycles. The van der Waals surface area contributed by atoms with E-state index >= 15 is 0 Å². The molecular formula is C29H59N5O4. The zero-order valence-corrected chi connectivity index (χ0v) is 24.7. The smallest absolute Gasteiger partial charge is 0.305 e. The van der Waals surface area contributed by atoms with Crippen molar-refractivity contribution in [3.05, 3.63) is 10.1 Å². The third-order valence-electron chi connectivity index (χ3n) is 6.84. The Bertz CT molecular complexity index is 589. The summed E-state index contributed by atoms with van der Waals surface area (Å²) in [4.78, 5) is 24.8. The van der Waals surface area contributed by atoms with Crippen LogP contribution in [0.1, 0.15) is 142 Å². The molecule has 0 unspecified atom stereocenters. The second-order valence-electron chi connectivity index (χ2n) is 10.5. The van der Waals surface area contributed by atoms with Gasteiger partial charge in [0, 0.05) is 13.0 Å². The Labute approximate surface area is 232 Å². The maximum Gasteiger partial charge on any atom is 0.305 e. The maximum absolute atomic E-state index is 11.9. The quantitative estimate of drug-likeness (QED) is 0.0280. The Kier molecular flexibility index (Phi) is 26.7. The van der Waals surface area contributed by atoms with Gasteiger partial charge in [-0.25, -0.2) is 10.1 Å². The van der Waals surface area contributed by atoms with Gasteiger partial charge in [-0.1, -0.05) is 104 Å². The van der Waals surface area contributed by atoms with Crippen molar-refractivity contribution in [1.29, 1.82) is 0 Å². The Morgan fingerprint density at radius 1 is 0.763 bits per heavy atom. The van der Waals surface area contributed by atoms with Crippen molar-refractivity contribution in [2.75, 3.05) is 32.8 Å². The molecule has 0 heterocycles. The summed E-state index contributed by atoms with van der Waals surface area (Å²) < 4.78 is 5.38. The molecule has 0 aromatic carbocycles. The molecule has 0 spiro atoms. The number of esters is 1. The number of rotatable bonds is 28. The highest BCUT2D eigenvalue weighted by Crippen LogP contribution is 2.11. The van der Waals surface area contributed by atoms with Crippen molar-refractivity contribution < 1.29 is 14.6 Å². The molecule has 0 atom stereocenters. The van der Waals surface area contributed by atoms with Crippen LogP contribution < -0.4 is 11.1 Å². The third-order valence-corrected chi connectivity index (χ3v) is 6.84. The van der Waals surface area contributed by atoms with E-state index in [0.717, 1.165) is 64.6 Å². The van der Waals surface area contributed by atoms with E-state index in [1.165, 1.54) is 77.0 Å². The number of carbonyl (C=O) groups excluding carboxylic acids is 1. The highest BCUT2D eigenvalue weighted by Gasteiger charge is 2.07. The van der Waals surface area contributed by atoms with Crippen LogP contribution in [0.4, 0.5) is 0 Å². The highest BCUT2D eigenvalue weighted by molar-refractivity contribution is 5.76. The van der Waals surface area contributed by atoms with Gasteiger partial charge in [-0.3, -0.25) is 4.79 Å². The first-order chi connectivity index (χ1) is 18.5. The zero-order valence-electron chi connectivity index (χ0n) is 24.7. The molecule has 0 aliphatic heterocycles. The molecule has 0 aromatic rings. The average Bonchev–Trinajstić information content (AvgIpc) is 2.88. The zero-order chi connectivity index (χ0) is 28.1. The first-order valence-electron chi connectivity index (χ1n) is 15.6. The number of hydrazone groups is 1. The monoisotopic (exact) mass is 541 g/mol. The molecule has 9 heteroatoms. The largest absolute Gasteiger partial charge is 0.466 e. The van der Waals surface area contributed by atoms with Gasteiger partial charge in [-0.05, 0) is 51.7 Å². The predicted molar refractivity (Wildman–Crippen MR) is 158 cm³/mol. The van der Waals surface area contributed by atoms with Crippen molar-refractivity contribution in [1.82, 2.24) is 10.2 Å². The van der Waals surface area contributed by atoms with Crippen LogP contribution in [0.5, 0.6) is 0 Å². The molecule has 3 N–H and O–H groups in total. The molecule has 224 valence electrons. The van der Waals surface area contributed by atoms with Crippen molar-refractivity contribution in [2.45, 2.75) is 142 Å². The minimum Gasteiger partial charge on any atom is -0.466 e. The molecular weight excluding hydrogens is 482 g/mol. The molecule has 0 saturated heterocycles. The fourth-order valence-corrected chi connectivity index (χ4v) is 4.55. The van der Waals surface area contributed by atoms with Crippen LogP contribution in [0.2, 0.25) is 0 Å². The van der Waals surface area contributed by atoms with E-state index in [9.17, 15) is 14.9 Å². The van der Waals surface area contributed by atoms with Crippen LogP contribution in [0.15, 0.2) is 5.10 Å². The lowest BCUT2D eigenvalue weighted by Crippen LogP contribution is -2.35. The molecule has 0 aliphatic carbocycles. The molecule has 0 radical (unpaired) electrons. The summed E-state index contributed by atoms with van der Waals surface area (Å²) in [5.41, 5.74) is 5.50. The Morgan fingerprint density at radius 2 is 1.24 bits per heavy atom. The summed E-state index contributed by atoms with van der Waals surface area (Å²) in [6, 6.07) is 0. The van der Waals surface area contributed by atoms with Crippen molar-refractivity contribution >= 4 is 11.9 Å². The molecule has 0 fully saturated rings. The van der Waals surface area contributed by atoms with Gasteiger partial charge in [0.2, 0.25) is 0 Å². The molecule has 0 bridgehead atoms. The molecule has 38 heavy (non-hydrogen) atoms. The van der Waals surface area contributed by atoms with E-state index in [2.05, 4.69) is 29.2 Å². The molecule has 9 nitrogen and oxygen atoms in total. The number of guanidine groups is 1. The van der Waals surface area contributed by atoms with Gasteiger partial charge in [0.25, 0.3) is 5.96 Å². The van der Waals surface area contributed by atoms with Gasteiger partial charge < -0.3 is 20.7 Å². The second kappa shape index (κ2) is 28.1. The van der Waals surface area contributed by atoms with Crippen LogP contribution in [-0.4, -0.2) is 54.6 Å². The first-order valence-corrected chi connectivity index (χ1v) is 15.6. The summed E-state index contributed by atoms with van der Waals surface area (Å²) in [5.74, 6) is -0.183. The van der Waals surface area contributed by atoms with Crippen molar-refractivity contribution in [3.63, 3.8) is 0 Å². The van der Waals surface area contributed by atoms with Crippen LogP contribution in [0.3, 0.4) is 0 Å². The van der Waals surface area contributed by atoms with Gasteiger partial charge >= 0.3 is 5.97 Å². The first kappa shape index (κ1) is 36.1. The topological polar surface area (TPSA) is 123 Å². The van der Waals surface area contributed by atoms with Crippen LogP contribution >= 0.6 is 0 Å². The Balaban J connectivity index is 3.93. The average molecular weight is 542 g/mol. The lowest BCUT2D eigenvalue weighted by molar-refractivity contribution is -0.485. The number of hydrogen-bond acceptors (Lipinski definition) is 5. The number of unbranched alkanes of at least 4 members (excludes halogenated alkanes) is 15. The second-order valence-corrected chi connectivity index (χ2v) is 10.5. The van der Waals surface area contributed by atoms with E-state index in [0.29, 0.717) is 19.6 Å². The van der Waals surface area contributed by atoms with Gasteiger partial charge in [0.1, 0.15) is 5.10 Å². The Hall–Kier alpha value is -1.90. The van der Waals surface area contributed by atoms with Crippen LogP contribution in [0, 0.1) is 10.1 Å². The summed E-state index contributed by atoms with van der Waals surface area (Å²) >= 11 is 0. The minimum absolute atomic E-state index is 0.0430. The van der Waals surface area contributed by atoms with Crippen molar-refractivity contribution in [3.8, 4) is 0 Å². The number of carbonyl (C=O) groups is 1. The minimum atomic E-state index is -0.784. The summed E-state index contributed by atoms with van der Waals surface area (Å²) in [5, 5.41) is 15.5. The number of nitrogens with one attached hydrogen (secondary N) is 1. The fourth-order valence-electron chi connectivity index (χ4n) is 4.55. The van der Waals surface area contributed by atoms with Gasteiger partial charge in [0.15, 0.2) is 5.03 Å². The summed E-state index contributed by atoms with van der Waals surface area (Å²) in [6.45, 7) is 8.72. The van der Waals surface area contributed by atoms with Crippen LogP contribution in [0.25, 0.3) is 0 Å². The lowest BCUT2D eigenvalue weighted by Gasteiger charge is -2.22. The fraction of sp³-hybridized carbons (Fsp3) is 0.931. The number of hydrogen-bond donors (Lipinski definition) is 2. The van der Waals surface area contributed by atoms with E-state index in [1.54, 1.807) is 0 Å². The maximum atomic E-state index is 11.9. The van der Waals surface area contributed by atoms with Gasteiger partial charge in [-0.15, -0.1) is 0 Å². The number of nitrogens with two attached hydrogens (primary N) is 1. The lowest BCUT2D eigenvalue weighted by atomic mass is 10.1. The SMILES string of the molecule is CCCCCCCCCOC(=O)CCCCCCCN(CCCCCCCC)CCCN/C(N)=N/[N+](=O)[O-]. The van der Waals surface area contributed by atoms with Crippen LogP contribution in [-0.2, 0) is 9.53 Å². The molecule has 0 rings (SSSR count). The number of nitro groups is 1. The predicted octanol–water partition coefficient (Wildman–Crippen LogP) is 6.77. The third kappa shape index (κ3) is 27.1. The summed E-state index contributed by atoms with van der Waals surface area (Å²) in [6.07, 6.45) is 23.2. The van der Waals surface area contributed by atoms with Crippen molar-refractivity contribution in [2.24, 2.45) is 10.8 Å². The number of nitrogens with zero attached hydrogens (tertiary/aromatic N) is 3. The molecule has 0 aliphatic rings. The van der Waals surface area contributed by atoms with Gasteiger partial charge in [0.05, 0.1) is 6.61 Å².